The molecule has 0 spiro atoms. The zero-order valence-electron chi connectivity index (χ0n) is 12.5. The lowest BCUT2D eigenvalue weighted by atomic mass is 9.85. The summed E-state index contributed by atoms with van der Waals surface area (Å²) in [6, 6.07) is 8.29. The van der Waals surface area contributed by atoms with Crippen molar-refractivity contribution in [2.75, 3.05) is 0 Å². The lowest BCUT2D eigenvalue weighted by molar-refractivity contribution is -0.136. The second-order valence-electron chi connectivity index (χ2n) is 6.30. The number of carbonyl (C=O) groups is 1. The Kier molecular flexibility index (Phi) is 3.80. The highest BCUT2D eigenvalue weighted by molar-refractivity contribution is 5.84. The first kappa shape index (κ1) is 14.5. The van der Waals surface area contributed by atoms with Crippen LogP contribution in [0.25, 0.3) is 10.9 Å². The molecule has 20 heavy (non-hydrogen) atoms. The summed E-state index contributed by atoms with van der Waals surface area (Å²) in [5, 5.41) is 9.96. The van der Waals surface area contributed by atoms with E-state index in [0.29, 0.717) is 6.42 Å². The van der Waals surface area contributed by atoms with Gasteiger partial charge in [0.15, 0.2) is 0 Å². The highest BCUT2D eigenvalue weighted by Crippen LogP contribution is 2.28. The lowest BCUT2D eigenvalue weighted by Crippen LogP contribution is -2.11. The summed E-state index contributed by atoms with van der Waals surface area (Å²) >= 11 is 0. The molecule has 106 valence electrons. The Morgan fingerprint density at radius 2 is 1.95 bits per heavy atom. The van der Waals surface area contributed by atoms with Gasteiger partial charge in [-0.1, -0.05) is 26.8 Å². The van der Waals surface area contributed by atoms with E-state index in [-0.39, 0.29) is 11.8 Å². The van der Waals surface area contributed by atoms with Gasteiger partial charge in [-0.15, -0.1) is 0 Å². The van der Waals surface area contributed by atoms with Gasteiger partial charge in [0.05, 0.1) is 5.52 Å². The molecule has 0 bridgehead atoms. The summed E-state index contributed by atoms with van der Waals surface area (Å²) in [5.41, 5.74) is 4.26. The lowest BCUT2D eigenvalue weighted by Gasteiger charge is -2.20. The summed E-state index contributed by atoms with van der Waals surface area (Å²) < 4.78 is 0. The minimum absolute atomic E-state index is 0.0726. The number of rotatable bonds is 3. The predicted molar refractivity (Wildman–Crippen MR) is 81.1 cm³/mol. The Labute approximate surface area is 119 Å². The quantitative estimate of drug-likeness (QED) is 0.922. The van der Waals surface area contributed by atoms with Crippen LogP contribution in [0.2, 0.25) is 0 Å². The molecule has 1 aromatic carbocycles. The normalized spacial score (nSPS) is 11.8. The molecule has 0 aliphatic heterocycles. The maximum absolute atomic E-state index is 10.8. The third-order valence-electron chi connectivity index (χ3n) is 3.50. The summed E-state index contributed by atoms with van der Waals surface area (Å²) in [6.07, 6.45) is 0.696. The number of aliphatic carboxylic acids is 1. The summed E-state index contributed by atoms with van der Waals surface area (Å²) in [6.45, 7) is 8.47. The topological polar surface area (TPSA) is 50.2 Å². The van der Waals surface area contributed by atoms with Gasteiger partial charge >= 0.3 is 5.97 Å². The molecule has 3 heteroatoms. The minimum atomic E-state index is -0.764. The molecule has 0 atom stereocenters. The van der Waals surface area contributed by atoms with Crippen LogP contribution >= 0.6 is 0 Å². The fourth-order valence-corrected chi connectivity index (χ4v) is 2.36. The standard InChI is InChI=1S/C17H21NO2/c1-11-9-12(5-8-16(19)20)14-10-13(17(2,3)4)6-7-15(14)18-11/h6-7,9-10H,5,8H2,1-4H3,(H,19,20). The van der Waals surface area contributed by atoms with Crippen molar-refractivity contribution in [3.63, 3.8) is 0 Å². The van der Waals surface area contributed by atoms with Gasteiger partial charge in [-0.05, 0) is 48.1 Å². The Hall–Kier alpha value is -1.90. The van der Waals surface area contributed by atoms with Crippen molar-refractivity contribution < 1.29 is 9.90 Å². The minimum Gasteiger partial charge on any atom is -0.481 e. The van der Waals surface area contributed by atoms with E-state index < -0.39 is 5.97 Å². The molecule has 0 saturated heterocycles. The van der Waals surface area contributed by atoms with Crippen LogP contribution in [-0.2, 0) is 16.6 Å². The maximum Gasteiger partial charge on any atom is 0.303 e. The van der Waals surface area contributed by atoms with Gasteiger partial charge < -0.3 is 5.11 Å². The summed E-state index contributed by atoms with van der Waals surface area (Å²) in [4.78, 5) is 15.3. The van der Waals surface area contributed by atoms with E-state index >= 15 is 0 Å². The highest BCUT2D eigenvalue weighted by atomic mass is 16.4. The van der Waals surface area contributed by atoms with E-state index in [1.54, 1.807) is 0 Å². The van der Waals surface area contributed by atoms with E-state index in [4.69, 9.17) is 5.11 Å². The first-order valence-corrected chi connectivity index (χ1v) is 6.90. The van der Waals surface area contributed by atoms with E-state index in [1.807, 2.05) is 19.1 Å². The van der Waals surface area contributed by atoms with E-state index in [2.05, 4.69) is 37.9 Å². The first-order valence-electron chi connectivity index (χ1n) is 6.90. The van der Waals surface area contributed by atoms with Crippen LogP contribution < -0.4 is 0 Å². The van der Waals surface area contributed by atoms with Crippen LogP contribution in [0.1, 0.15) is 44.0 Å². The van der Waals surface area contributed by atoms with Crippen molar-refractivity contribution >= 4 is 16.9 Å². The fourth-order valence-electron chi connectivity index (χ4n) is 2.36. The zero-order valence-corrected chi connectivity index (χ0v) is 12.5. The van der Waals surface area contributed by atoms with Crippen molar-refractivity contribution in [3.05, 3.63) is 41.1 Å². The van der Waals surface area contributed by atoms with Gasteiger partial charge in [0.2, 0.25) is 0 Å². The van der Waals surface area contributed by atoms with Crippen LogP contribution in [0.4, 0.5) is 0 Å². The predicted octanol–water partition coefficient (Wildman–Crippen LogP) is 3.86. The Bertz CT molecular complexity index is 654. The fraction of sp³-hybridized carbons (Fsp3) is 0.412. The van der Waals surface area contributed by atoms with Crippen LogP contribution in [0.15, 0.2) is 24.3 Å². The third kappa shape index (κ3) is 3.16. The summed E-state index contributed by atoms with van der Waals surface area (Å²) in [7, 11) is 0. The molecule has 1 N–H and O–H groups in total. The molecule has 1 aromatic heterocycles. The molecule has 1 heterocycles. The SMILES string of the molecule is Cc1cc(CCC(=O)O)c2cc(C(C)(C)C)ccc2n1. The molecule has 0 amide bonds. The number of aromatic nitrogens is 1. The molecule has 0 unspecified atom stereocenters. The maximum atomic E-state index is 10.8. The number of pyridine rings is 1. The number of nitrogens with zero attached hydrogens (tertiary/aromatic N) is 1. The number of benzene rings is 1. The van der Waals surface area contributed by atoms with Crippen LogP contribution in [0, 0.1) is 6.92 Å². The van der Waals surface area contributed by atoms with E-state index in [0.717, 1.165) is 22.2 Å². The van der Waals surface area contributed by atoms with E-state index in [1.165, 1.54) is 5.56 Å². The van der Waals surface area contributed by atoms with Crippen molar-refractivity contribution in [3.8, 4) is 0 Å². The smallest absolute Gasteiger partial charge is 0.303 e. The Morgan fingerprint density at radius 3 is 2.55 bits per heavy atom. The average Bonchev–Trinajstić information content (AvgIpc) is 2.33. The molecule has 0 radical (unpaired) electrons. The third-order valence-corrected chi connectivity index (χ3v) is 3.50. The number of carboxylic acids is 1. The number of aryl methyl sites for hydroxylation is 2. The molecular formula is C17H21NO2. The zero-order chi connectivity index (χ0) is 14.9. The number of hydrogen-bond acceptors (Lipinski definition) is 2. The van der Waals surface area contributed by atoms with Gasteiger partial charge in [0.1, 0.15) is 0 Å². The van der Waals surface area contributed by atoms with Gasteiger partial charge in [-0.25, -0.2) is 0 Å². The van der Waals surface area contributed by atoms with Gasteiger partial charge in [-0.2, -0.15) is 0 Å². The van der Waals surface area contributed by atoms with Crippen LogP contribution in [0.3, 0.4) is 0 Å². The number of fused-ring (bicyclic) bond motifs is 1. The average molecular weight is 271 g/mol. The molecule has 0 saturated carbocycles. The Morgan fingerprint density at radius 1 is 1.25 bits per heavy atom. The van der Waals surface area contributed by atoms with Crippen molar-refractivity contribution in [1.29, 1.82) is 0 Å². The van der Waals surface area contributed by atoms with Gasteiger partial charge in [0.25, 0.3) is 0 Å². The first-order chi connectivity index (χ1) is 9.27. The number of hydrogen-bond donors (Lipinski definition) is 1. The molecule has 0 fully saturated rings. The largest absolute Gasteiger partial charge is 0.481 e. The Balaban J connectivity index is 2.56. The molecule has 0 aliphatic carbocycles. The van der Waals surface area contributed by atoms with Crippen LogP contribution in [0.5, 0.6) is 0 Å². The van der Waals surface area contributed by atoms with E-state index in [9.17, 15) is 4.79 Å². The van der Waals surface area contributed by atoms with Crippen molar-refractivity contribution in [2.45, 2.75) is 46.0 Å². The highest BCUT2D eigenvalue weighted by Gasteiger charge is 2.15. The second kappa shape index (κ2) is 5.23. The molecule has 2 aromatic rings. The molecule has 3 nitrogen and oxygen atoms in total. The molecule has 2 rings (SSSR count). The monoisotopic (exact) mass is 271 g/mol. The van der Waals surface area contributed by atoms with Gasteiger partial charge in [0, 0.05) is 17.5 Å². The van der Waals surface area contributed by atoms with Crippen LogP contribution in [-0.4, -0.2) is 16.1 Å². The molecule has 0 aliphatic rings. The van der Waals surface area contributed by atoms with Crippen molar-refractivity contribution in [1.82, 2.24) is 4.98 Å². The molecular weight excluding hydrogens is 250 g/mol. The van der Waals surface area contributed by atoms with Gasteiger partial charge in [-0.3, -0.25) is 9.78 Å². The number of carboxylic acid groups (broad SMARTS) is 1. The second-order valence-corrected chi connectivity index (χ2v) is 6.30. The summed E-state index contributed by atoms with van der Waals surface area (Å²) in [5.74, 6) is -0.764. The van der Waals surface area contributed by atoms with Crippen molar-refractivity contribution in [2.24, 2.45) is 0 Å².